The smallest absolute Gasteiger partial charge is 0.229 e. The molecule has 0 saturated heterocycles. The van der Waals surface area contributed by atoms with Crippen LogP contribution < -0.4 is 5.32 Å². The zero-order valence-corrected chi connectivity index (χ0v) is 15.3. The van der Waals surface area contributed by atoms with E-state index in [2.05, 4.69) is 15.5 Å². The number of Topliss-reactive ketones (excluding diaryl/α,β-unsaturated/α-hetero) is 1. The van der Waals surface area contributed by atoms with Crippen molar-refractivity contribution in [3.05, 3.63) is 36.2 Å². The first-order valence-corrected chi connectivity index (χ1v) is 8.53. The minimum absolute atomic E-state index is 0.0108. The fraction of sp³-hybridized carbons (Fsp3) is 0.412. The number of carbonyl (C=O) groups is 2. The molecule has 0 spiro atoms. The quantitative estimate of drug-likeness (QED) is 0.665. The third-order valence-electron chi connectivity index (χ3n) is 3.43. The molecule has 0 aliphatic heterocycles. The predicted octanol–water partition coefficient (Wildman–Crippen LogP) is 3.16. The number of aromatic nitrogens is 3. The molecule has 0 radical (unpaired) electrons. The number of anilines is 1. The molecule has 1 aromatic heterocycles. The van der Waals surface area contributed by atoms with E-state index in [1.165, 1.54) is 11.8 Å². The van der Waals surface area contributed by atoms with Gasteiger partial charge in [-0.1, -0.05) is 32.5 Å². The van der Waals surface area contributed by atoms with E-state index in [-0.39, 0.29) is 16.9 Å². The summed E-state index contributed by atoms with van der Waals surface area (Å²) < 4.78 is 1.78. The highest BCUT2D eigenvalue weighted by Crippen LogP contribution is 2.24. The van der Waals surface area contributed by atoms with Gasteiger partial charge in [-0.3, -0.25) is 9.59 Å². The van der Waals surface area contributed by atoms with Crippen molar-refractivity contribution in [3.8, 4) is 0 Å². The van der Waals surface area contributed by atoms with Gasteiger partial charge >= 0.3 is 0 Å². The zero-order chi connectivity index (χ0) is 17.9. The summed E-state index contributed by atoms with van der Waals surface area (Å²) in [7, 11) is 1.84. The Morgan fingerprint density at radius 2 is 1.83 bits per heavy atom. The van der Waals surface area contributed by atoms with Crippen molar-refractivity contribution >= 4 is 29.1 Å². The van der Waals surface area contributed by atoms with Gasteiger partial charge in [-0.25, -0.2) is 0 Å². The van der Waals surface area contributed by atoms with Crippen LogP contribution in [-0.2, 0) is 11.8 Å². The number of aryl methyl sites for hydroxylation is 1. The van der Waals surface area contributed by atoms with Gasteiger partial charge in [-0.05, 0) is 31.2 Å². The Hall–Kier alpha value is -2.15. The van der Waals surface area contributed by atoms with Gasteiger partial charge in [0.1, 0.15) is 6.33 Å². The molecule has 0 saturated carbocycles. The van der Waals surface area contributed by atoms with Crippen molar-refractivity contribution in [1.29, 1.82) is 0 Å². The van der Waals surface area contributed by atoms with Crippen LogP contribution >= 0.6 is 11.8 Å². The number of hydrogen-bond donors (Lipinski definition) is 1. The molecule has 6 nitrogen and oxygen atoms in total. The molecule has 1 atom stereocenters. The Kier molecular flexibility index (Phi) is 5.43. The largest absolute Gasteiger partial charge is 0.326 e. The summed E-state index contributed by atoms with van der Waals surface area (Å²) in [6.07, 6.45) is 1.60. The second kappa shape index (κ2) is 7.17. The van der Waals surface area contributed by atoms with E-state index in [9.17, 15) is 9.59 Å². The van der Waals surface area contributed by atoms with E-state index >= 15 is 0 Å². The van der Waals surface area contributed by atoms with E-state index in [0.29, 0.717) is 16.4 Å². The second-order valence-electron chi connectivity index (χ2n) is 6.63. The number of hydrogen-bond acceptors (Lipinski definition) is 5. The van der Waals surface area contributed by atoms with Gasteiger partial charge in [-0.2, -0.15) is 0 Å². The van der Waals surface area contributed by atoms with Crippen LogP contribution in [0.15, 0.2) is 35.7 Å². The Labute approximate surface area is 146 Å². The van der Waals surface area contributed by atoms with Gasteiger partial charge in [0.15, 0.2) is 10.9 Å². The molecule has 2 aromatic rings. The maximum Gasteiger partial charge on any atom is 0.229 e. The van der Waals surface area contributed by atoms with Gasteiger partial charge in [0.25, 0.3) is 0 Å². The molecule has 7 heteroatoms. The van der Waals surface area contributed by atoms with Gasteiger partial charge in [0.2, 0.25) is 5.91 Å². The van der Waals surface area contributed by atoms with Crippen molar-refractivity contribution in [2.24, 2.45) is 12.5 Å². The normalized spacial score (nSPS) is 12.7. The number of benzene rings is 1. The van der Waals surface area contributed by atoms with Crippen LogP contribution in [-0.4, -0.2) is 31.7 Å². The topological polar surface area (TPSA) is 76.9 Å². The molecule has 1 amide bonds. The maximum absolute atomic E-state index is 12.5. The van der Waals surface area contributed by atoms with Crippen molar-refractivity contribution < 1.29 is 9.59 Å². The van der Waals surface area contributed by atoms with Crippen molar-refractivity contribution in [1.82, 2.24) is 14.8 Å². The Bertz CT molecular complexity index is 732. The minimum Gasteiger partial charge on any atom is -0.326 e. The fourth-order valence-electron chi connectivity index (χ4n) is 1.86. The molecule has 2 rings (SSSR count). The number of amides is 1. The first-order chi connectivity index (χ1) is 11.2. The van der Waals surface area contributed by atoms with E-state index in [0.717, 1.165) is 0 Å². The Morgan fingerprint density at radius 3 is 2.33 bits per heavy atom. The highest BCUT2D eigenvalue weighted by molar-refractivity contribution is 8.00. The Balaban J connectivity index is 2.03. The van der Waals surface area contributed by atoms with Crippen LogP contribution in [0.25, 0.3) is 0 Å². The van der Waals surface area contributed by atoms with Crippen LogP contribution in [0.4, 0.5) is 5.69 Å². The standard InChI is InChI=1S/C17H22N4O2S/c1-11(24-16-20-18-10-21(16)5)14(22)12-6-8-13(9-7-12)19-15(23)17(2,3)4/h6-11H,1-5H3,(H,19,23). The lowest BCUT2D eigenvalue weighted by Gasteiger charge is -2.17. The van der Waals surface area contributed by atoms with E-state index in [1.807, 2.05) is 34.7 Å². The monoisotopic (exact) mass is 346 g/mol. The van der Waals surface area contributed by atoms with Crippen LogP contribution in [0.1, 0.15) is 38.1 Å². The Morgan fingerprint density at radius 1 is 1.21 bits per heavy atom. The van der Waals surface area contributed by atoms with Gasteiger partial charge in [0, 0.05) is 23.7 Å². The lowest BCUT2D eigenvalue weighted by molar-refractivity contribution is -0.123. The number of carbonyl (C=O) groups excluding carboxylic acids is 2. The van der Waals surface area contributed by atoms with Crippen LogP contribution in [0, 0.1) is 5.41 Å². The number of nitrogens with zero attached hydrogens (tertiary/aromatic N) is 3. The first-order valence-electron chi connectivity index (χ1n) is 7.65. The van der Waals surface area contributed by atoms with Crippen LogP contribution in [0.3, 0.4) is 0 Å². The van der Waals surface area contributed by atoms with Crippen molar-refractivity contribution in [2.75, 3.05) is 5.32 Å². The fourth-order valence-corrected chi connectivity index (χ4v) is 2.73. The predicted molar refractivity (Wildman–Crippen MR) is 95.2 cm³/mol. The molecule has 0 fully saturated rings. The van der Waals surface area contributed by atoms with Gasteiger partial charge < -0.3 is 9.88 Å². The summed E-state index contributed by atoms with van der Waals surface area (Å²) >= 11 is 1.37. The lowest BCUT2D eigenvalue weighted by atomic mass is 9.95. The third kappa shape index (κ3) is 4.44. The highest BCUT2D eigenvalue weighted by atomic mass is 32.2. The zero-order valence-electron chi connectivity index (χ0n) is 14.5. The van der Waals surface area contributed by atoms with E-state index < -0.39 is 5.41 Å². The first kappa shape index (κ1) is 18.2. The molecule has 24 heavy (non-hydrogen) atoms. The number of rotatable bonds is 5. The lowest BCUT2D eigenvalue weighted by Crippen LogP contribution is -2.27. The second-order valence-corrected chi connectivity index (χ2v) is 7.94. The molecule has 0 aliphatic carbocycles. The summed E-state index contributed by atoms with van der Waals surface area (Å²) in [5.74, 6) is -0.0514. The third-order valence-corrected chi connectivity index (χ3v) is 4.58. The molecule has 0 bridgehead atoms. The van der Waals surface area contributed by atoms with Crippen molar-refractivity contribution in [3.63, 3.8) is 0 Å². The minimum atomic E-state index is -0.463. The average Bonchev–Trinajstić information content (AvgIpc) is 2.91. The number of nitrogens with one attached hydrogen (secondary N) is 1. The molecule has 1 aromatic carbocycles. The molecule has 128 valence electrons. The summed E-state index contributed by atoms with van der Waals surface area (Å²) in [4.78, 5) is 24.5. The van der Waals surface area contributed by atoms with Gasteiger partial charge in [0.05, 0.1) is 5.25 Å². The highest BCUT2D eigenvalue weighted by Gasteiger charge is 2.22. The molecule has 0 aliphatic rings. The van der Waals surface area contributed by atoms with E-state index in [1.54, 1.807) is 35.2 Å². The van der Waals surface area contributed by atoms with E-state index in [4.69, 9.17) is 0 Å². The molecular formula is C17H22N4O2S. The number of ketones is 1. The number of thioether (sulfide) groups is 1. The molecule has 1 heterocycles. The average molecular weight is 346 g/mol. The summed E-state index contributed by atoms with van der Waals surface area (Å²) in [6, 6.07) is 6.95. The van der Waals surface area contributed by atoms with Crippen LogP contribution in [0.2, 0.25) is 0 Å². The van der Waals surface area contributed by atoms with Crippen LogP contribution in [0.5, 0.6) is 0 Å². The molecule has 1 unspecified atom stereocenters. The molecular weight excluding hydrogens is 324 g/mol. The van der Waals surface area contributed by atoms with Crippen molar-refractivity contribution in [2.45, 2.75) is 38.1 Å². The summed E-state index contributed by atoms with van der Waals surface area (Å²) in [5, 5.41) is 11.1. The SMILES string of the molecule is CC(Sc1nncn1C)C(=O)c1ccc(NC(=O)C(C)(C)C)cc1. The van der Waals surface area contributed by atoms with Gasteiger partial charge in [-0.15, -0.1) is 10.2 Å². The maximum atomic E-state index is 12.5. The molecule has 1 N–H and O–H groups in total. The summed E-state index contributed by atoms with van der Waals surface area (Å²) in [5.41, 5.74) is 0.821. The summed E-state index contributed by atoms with van der Waals surface area (Å²) in [6.45, 7) is 7.40.